The fourth-order valence-electron chi connectivity index (χ4n) is 2.94. The highest BCUT2D eigenvalue weighted by molar-refractivity contribution is 6.32. The molecule has 0 saturated carbocycles. The number of ether oxygens (including phenoxy) is 2. The Morgan fingerprint density at radius 1 is 1.06 bits per heavy atom. The third kappa shape index (κ3) is 7.19. The van der Waals surface area contributed by atoms with Gasteiger partial charge in [-0.1, -0.05) is 47.5 Å². The van der Waals surface area contributed by atoms with Gasteiger partial charge in [-0.25, -0.2) is 5.43 Å². The number of nitro groups is 1. The summed E-state index contributed by atoms with van der Waals surface area (Å²) in [5.41, 5.74) is 4.53. The van der Waals surface area contributed by atoms with Crippen LogP contribution in [-0.4, -0.2) is 23.7 Å². The molecule has 0 aliphatic rings. The summed E-state index contributed by atoms with van der Waals surface area (Å²) in [5.74, 6) is 0.476. The van der Waals surface area contributed by atoms with Crippen molar-refractivity contribution in [3.05, 3.63) is 97.5 Å². The summed E-state index contributed by atoms with van der Waals surface area (Å²) in [4.78, 5) is 22.3. The van der Waals surface area contributed by atoms with Gasteiger partial charge < -0.3 is 9.47 Å². The molecule has 3 rings (SSSR count). The van der Waals surface area contributed by atoms with Crippen LogP contribution in [0.2, 0.25) is 10.0 Å². The molecule has 0 unspecified atom stereocenters. The van der Waals surface area contributed by atoms with Crippen LogP contribution in [0.1, 0.15) is 23.6 Å². The van der Waals surface area contributed by atoms with Gasteiger partial charge in [0.1, 0.15) is 6.61 Å². The molecular weight excluding hydrogens is 481 g/mol. The van der Waals surface area contributed by atoms with E-state index in [1.54, 1.807) is 24.3 Å². The van der Waals surface area contributed by atoms with E-state index in [0.29, 0.717) is 39.3 Å². The smallest absolute Gasteiger partial charge is 0.269 e. The fourth-order valence-corrected chi connectivity index (χ4v) is 3.34. The second kappa shape index (κ2) is 12.0. The molecule has 0 spiro atoms. The van der Waals surface area contributed by atoms with E-state index in [1.165, 1.54) is 30.5 Å². The molecule has 8 nitrogen and oxygen atoms in total. The third-order valence-corrected chi connectivity index (χ3v) is 5.08. The van der Waals surface area contributed by atoms with E-state index < -0.39 is 4.92 Å². The lowest BCUT2D eigenvalue weighted by Crippen LogP contribution is -2.19. The first kappa shape index (κ1) is 25.0. The van der Waals surface area contributed by atoms with Gasteiger partial charge in [-0.2, -0.15) is 5.10 Å². The summed E-state index contributed by atoms with van der Waals surface area (Å²) < 4.78 is 11.5. The Morgan fingerprint density at radius 3 is 2.38 bits per heavy atom. The normalized spacial score (nSPS) is 10.8. The Morgan fingerprint density at radius 2 is 1.74 bits per heavy atom. The molecule has 0 fully saturated rings. The van der Waals surface area contributed by atoms with Gasteiger partial charge >= 0.3 is 0 Å². The summed E-state index contributed by atoms with van der Waals surface area (Å²) in [5, 5.41) is 15.6. The number of hydrogen-bond acceptors (Lipinski definition) is 6. The van der Waals surface area contributed by atoms with E-state index in [-0.39, 0.29) is 24.6 Å². The zero-order valence-corrected chi connectivity index (χ0v) is 19.7. The summed E-state index contributed by atoms with van der Waals surface area (Å²) in [7, 11) is 0. The average molecular weight is 502 g/mol. The Hall–Kier alpha value is -3.62. The Bertz CT molecular complexity index is 1180. The molecular formula is C24H21Cl2N3O5. The standard InChI is InChI=1S/C24H21Cl2N3O5/c1-2-33-22-12-18(11-21(26)24(22)34-15-17-3-7-19(25)8-4-17)14-27-28-23(30)13-16-5-9-20(10-6-16)29(31)32/h3-12,14H,2,13,15H2,1H3,(H,28,30)/b27-14-. The number of amides is 1. The van der Waals surface area contributed by atoms with Crippen LogP contribution in [0.3, 0.4) is 0 Å². The molecule has 0 heterocycles. The lowest BCUT2D eigenvalue weighted by molar-refractivity contribution is -0.384. The maximum atomic E-state index is 12.1. The van der Waals surface area contributed by atoms with Crippen LogP contribution >= 0.6 is 23.2 Å². The molecule has 3 aromatic rings. The van der Waals surface area contributed by atoms with Crippen molar-refractivity contribution in [1.82, 2.24) is 5.43 Å². The van der Waals surface area contributed by atoms with Crippen LogP contribution in [0.4, 0.5) is 5.69 Å². The Balaban J connectivity index is 1.63. The van der Waals surface area contributed by atoms with E-state index in [2.05, 4.69) is 10.5 Å². The van der Waals surface area contributed by atoms with Gasteiger partial charge in [0.25, 0.3) is 5.69 Å². The van der Waals surface area contributed by atoms with Crippen molar-refractivity contribution in [2.75, 3.05) is 6.61 Å². The first-order valence-electron chi connectivity index (χ1n) is 10.2. The lowest BCUT2D eigenvalue weighted by Gasteiger charge is -2.14. The van der Waals surface area contributed by atoms with E-state index in [4.69, 9.17) is 32.7 Å². The van der Waals surface area contributed by atoms with Crippen molar-refractivity contribution in [3.63, 3.8) is 0 Å². The van der Waals surface area contributed by atoms with Gasteiger partial charge in [-0.05, 0) is 47.9 Å². The average Bonchev–Trinajstić information content (AvgIpc) is 2.80. The molecule has 1 amide bonds. The zero-order chi connectivity index (χ0) is 24.5. The number of carbonyl (C=O) groups is 1. The van der Waals surface area contributed by atoms with Gasteiger partial charge in [0.15, 0.2) is 11.5 Å². The summed E-state index contributed by atoms with van der Waals surface area (Å²) in [6, 6.07) is 16.4. The topological polar surface area (TPSA) is 103 Å². The number of rotatable bonds is 10. The summed E-state index contributed by atoms with van der Waals surface area (Å²) in [6.07, 6.45) is 1.46. The molecule has 1 N–H and O–H groups in total. The number of nitrogens with zero attached hydrogens (tertiary/aromatic N) is 2. The van der Waals surface area contributed by atoms with Gasteiger partial charge in [-0.3, -0.25) is 14.9 Å². The van der Waals surface area contributed by atoms with E-state index in [1.807, 2.05) is 19.1 Å². The number of hydrogen-bond donors (Lipinski definition) is 1. The monoisotopic (exact) mass is 501 g/mol. The predicted molar refractivity (Wildman–Crippen MR) is 131 cm³/mol. The number of nitro benzene ring substituents is 1. The van der Waals surface area contributed by atoms with Gasteiger partial charge in [0.2, 0.25) is 5.91 Å². The van der Waals surface area contributed by atoms with Gasteiger partial charge in [0.05, 0.1) is 29.2 Å². The highest BCUT2D eigenvalue weighted by atomic mass is 35.5. The molecule has 0 aliphatic carbocycles. The molecule has 0 radical (unpaired) electrons. The minimum atomic E-state index is -0.496. The quantitative estimate of drug-likeness (QED) is 0.222. The highest BCUT2D eigenvalue weighted by Gasteiger charge is 2.13. The SMILES string of the molecule is CCOc1cc(/C=N\NC(=O)Cc2ccc([N+](=O)[O-])cc2)cc(Cl)c1OCc1ccc(Cl)cc1. The number of nitrogens with one attached hydrogen (secondary N) is 1. The second-order valence-corrected chi connectivity index (χ2v) is 7.92. The van der Waals surface area contributed by atoms with E-state index in [9.17, 15) is 14.9 Å². The van der Waals surface area contributed by atoms with Crippen molar-refractivity contribution in [2.45, 2.75) is 20.0 Å². The van der Waals surface area contributed by atoms with Crippen LogP contribution in [0.15, 0.2) is 65.8 Å². The summed E-state index contributed by atoms with van der Waals surface area (Å²) in [6.45, 7) is 2.53. The lowest BCUT2D eigenvalue weighted by atomic mass is 10.1. The molecule has 0 atom stereocenters. The Labute approximate surface area is 206 Å². The number of carbonyl (C=O) groups excluding carboxylic acids is 1. The fraction of sp³-hybridized carbons (Fsp3) is 0.167. The molecule has 10 heteroatoms. The first-order valence-corrected chi connectivity index (χ1v) is 11.0. The number of hydrazone groups is 1. The van der Waals surface area contributed by atoms with Crippen LogP contribution in [0, 0.1) is 10.1 Å². The van der Waals surface area contributed by atoms with Crippen LogP contribution < -0.4 is 14.9 Å². The van der Waals surface area contributed by atoms with Crippen molar-refractivity contribution in [2.24, 2.45) is 5.10 Å². The van der Waals surface area contributed by atoms with Crippen LogP contribution in [0.25, 0.3) is 0 Å². The number of benzene rings is 3. The Kier molecular flexibility index (Phi) is 8.84. The second-order valence-electron chi connectivity index (χ2n) is 7.07. The van der Waals surface area contributed by atoms with Crippen molar-refractivity contribution < 1.29 is 19.2 Å². The van der Waals surface area contributed by atoms with E-state index in [0.717, 1.165) is 5.56 Å². The van der Waals surface area contributed by atoms with Crippen molar-refractivity contribution in [3.8, 4) is 11.5 Å². The van der Waals surface area contributed by atoms with Gasteiger partial charge in [0, 0.05) is 17.2 Å². The minimum absolute atomic E-state index is 0.0256. The molecule has 0 saturated heterocycles. The van der Waals surface area contributed by atoms with Crippen molar-refractivity contribution >= 4 is 41.0 Å². The molecule has 3 aromatic carbocycles. The van der Waals surface area contributed by atoms with Gasteiger partial charge in [-0.15, -0.1) is 0 Å². The highest BCUT2D eigenvalue weighted by Crippen LogP contribution is 2.37. The maximum Gasteiger partial charge on any atom is 0.269 e. The van der Waals surface area contributed by atoms with Crippen LogP contribution in [0.5, 0.6) is 11.5 Å². The molecule has 0 aromatic heterocycles. The zero-order valence-electron chi connectivity index (χ0n) is 18.2. The first-order chi connectivity index (χ1) is 16.4. The minimum Gasteiger partial charge on any atom is -0.490 e. The summed E-state index contributed by atoms with van der Waals surface area (Å²) >= 11 is 12.3. The number of halogens is 2. The van der Waals surface area contributed by atoms with Crippen molar-refractivity contribution in [1.29, 1.82) is 0 Å². The molecule has 0 bridgehead atoms. The maximum absolute atomic E-state index is 12.1. The largest absolute Gasteiger partial charge is 0.490 e. The number of non-ortho nitro benzene ring substituents is 1. The molecule has 0 aliphatic heterocycles. The predicted octanol–water partition coefficient (Wildman–Crippen LogP) is 5.57. The van der Waals surface area contributed by atoms with Crippen LogP contribution in [-0.2, 0) is 17.8 Å². The third-order valence-electron chi connectivity index (χ3n) is 4.54. The molecule has 34 heavy (non-hydrogen) atoms. The van der Waals surface area contributed by atoms with E-state index >= 15 is 0 Å². The molecule has 176 valence electrons.